The van der Waals surface area contributed by atoms with Gasteiger partial charge in [-0.2, -0.15) is 0 Å². The lowest BCUT2D eigenvalue weighted by Crippen LogP contribution is -2.30. The first-order valence-electron chi connectivity index (χ1n) is 25.8. The highest BCUT2D eigenvalue weighted by atomic mass is 16.6. The van der Waals surface area contributed by atoms with E-state index in [1.807, 2.05) is 0 Å². The lowest BCUT2D eigenvalue weighted by molar-refractivity contribution is -0.162. The van der Waals surface area contributed by atoms with Crippen molar-refractivity contribution in [1.82, 2.24) is 0 Å². The van der Waals surface area contributed by atoms with Crippen molar-refractivity contribution in [3.05, 3.63) is 97.2 Å². The molecule has 1 unspecified atom stereocenters. The predicted molar refractivity (Wildman–Crippen MR) is 270 cm³/mol. The van der Waals surface area contributed by atoms with E-state index >= 15 is 0 Å². The number of ether oxygens (including phenoxy) is 3. The van der Waals surface area contributed by atoms with Crippen molar-refractivity contribution in [2.24, 2.45) is 0 Å². The monoisotopic (exact) mass is 861 g/mol. The topological polar surface area (TPSA) is 61.8 Å². The highest BCUT2D eigenvalue weighted by molar-refractivity contribution is 5.70. The van der Waals surface area contributed by atoms with E-state index in [-0.39, 0.29) is 25.2 Å². The van der Waals surface area contributed by atoms with Crippen molar-refractivity contribution in [2.75, 3.05) is 19.8 Å². The van der Waals surface area contributed by atoms with E-state index in [1.165, 1.54) is 103 Å². The van der Waals surface area contributed by atoms with Crippen LogP contribution in [-0.2, 0) is 23.8 Å². The maximum Gasteiger partial charge on any atom is 0.306 e. The van der Waals surface area contributed by atoms with Crippen LogP contribution in [0.2, 0.25) is 0 Å². The summed E-state index contributed by atoms with van der Waals surface area (Å²) in [6, 6.07) is 0. The molecule has 5 heteroatoms. The summed E-state index contributed by atoms with van der Waals surface area (Å²) in [4.78, 5) is 25.4. The molecular weight excluding hydrogens is 765 g/mol. The summed E-state index contributed by atoms with van der Waals surface area (Å²) < 4.78 is 17.3. The van der Waals surface area contributed by atoms with Gasteiger partial charge in [0.15, 0.2) is 6.10 Å². The summed E-state index contributed by atoms with van der Waals surface area (Å²) in [5, 5.41) is 0. The van der Waals surface area contributed by atoms with Crippen LogP contribution in [0.15, 0.2) is 97.2 Å². The van der Waals surface area contributed by atoms with Crippen LogP contribution in [0, 0.1) is 0 Å². The van der Waals surface area contributed by atoms with Gasteiger partial charge in [0.1, 0.15) is 6.61 Å². The minimum absolute atomic E-state index is 0.0437. The zero-order chi connectivity index (χ0) is 44.9. The lowest BCUT2D eigenvalue weighted by atomic mass is 10.1. The van der Waals surface area contributed by atoms with E-state index in [0.717, 1.165) is 89.9 Å². The fourth-order valence-electron chi connectivity index (χ4n) is 6.77. The van der Waals surface area contributed by atoms with Crippen molar-refractivity contribution in [3.8, 4) is 0 Å². The molecule has 0 fully saturated rings. The zero-order valence-electron chi connectivity index (χ0n) is 40.6. The van der Waals surface area contributed by atoms with Crippen molar-refractivity contribution in [2.45, 2.75) is 232 Å². The van der Waals surface area contributed by atoms with Crippen molar-refractivity contribution < 1.29 is 23.8 Å². The fourth-order valence-corrected chi connectivity index (χ4v) is 6.77. The second-order valence-corrected chi connectivity index (χ2v) is 16.7. The minimum atomic E-state index is -0.588. The number of unbranched alkanes of at least 4 members (excludes halogenated alkanes) is 19. The minimum Gasteiger partial charge on any atom is -0.462 e. The molecule has 5 nitrogen and oxygen atoms in total. The lowest BCUT2D eigenvalue weighted by Gasteiger charge is -2.18. The number of esters is 2. The molecule has 0 saturated carbocycles. The number of carbonyl (C=O) groups is 2. The van der Waals surface area contributed by atoms with Gasteiger partial charge in [0.05, 0.1) is 13.2 Å². The molecule has 0 radical (unpaired) electrons. The molecule has 0 aromatic rings. The molecule has 0 spiro atoms. The molecule has 62 heavy (non-hydrogen) atoms. The summed E-state index contributed by atoms with van der Waals surface area (Å²) in [6.45, 7) is 7.45. The Hall–Kier alpha value is -3.18. The highest BCUT2D eigenvalue weighted by Crippen LogP contribution is 2.13. The van der Waals surface area contributed by atoms with Gasteiger partial charge in [-0.25, -0.2) is 0 Å². The van der Waals surface area contributed by atoms with Crippen molar-refractivity contribution in [1.29, 1.82) is 0 Å². The van der Waals surface area contributed by atoms with Crippen LogP contribution >= 0.6 is 0 Å². The molecule has 0 rings (SSSR count). The van der Waals surface area contributed by atoms with E-state index in [9.17, 15) is 9.59 Å². The van der Waals surface area contributed by atoms with E-state index in [1.54, 1.807) is 0 Å². The van der Waals surface area contributed by atoms with Gasteiger partial charge >= 0.3 is 11.9 Å². The van der Waals surface area contributed by atoms with Gasteiger partial charge in [0.25, 0.3) is 0 Å². The zero-order valence-corrected chi connectivity index (χ0v) is 40.6. The third kappa shape index (κ3) is 49.5. The second kappa shape index (κ2) is 52.2. The van der Waals surface area contributed by atoms with E-state index < -0.39 is 6.10 Å². The first kappa shape index (κ1) is 58.8. The molecule has 0 aromatic carbocycles. The van der Waals surface area contributed by atoms with Gasteiger partial charge in [-0.3, -0.25) is 9.59 Å². The largest absolute Gasteiger partial charge is 0.462 e. The molecule has 0 heterocycles. The van der Waals surface area contributed by atoms with Crippen LogP contribution in [-0.4, -0.2) is 37.9 Å². The number of hydrogen-bond donors (Lipinski definition) is 0. The first-order chi connectivity index (χ1) is 30.6. The Balaban J connectivity index is 4.40. The Kier molecular flexibility index (Phi) is 49.5. The van der Waals surface area contributed by atoms with Gasteiger partial charge in [0.2, 0.25) is 0 Å². The van der Waals surface area contributed by atoms with Crippen LogP contribution in [0.25, 0.3) is 0 Å². The number of rotatable bonds is 46. The van der Waals surface area contributed by atoms with Crippen molar-refractivity contribution >= 4 is 11.9 Å². The number of carbonyl (C=O) groups excluding carboxylic acids is 2. The summed E-state index contributed by atoms with van der Waals surface area (Å²) in [5.74, 6) is -0.460. The molecule has 1 atom stereocenters. The van der Waals surface area contributed by atoms with Crippen molar-refractivity contribution in [3.63, 3.8) is 0 Å². The van der Waals surface area contributed by atoms with Crippen LogP contribution in [0.3, 0.4) is 0 Å². The standard InChI is InChI=1S/C57H96O5/c1-4-7-10-13-16-19-22-25-27-29-30-33-35-38-41-44-47-50-56(58)61-54-55(62-57(59)51-48-45-42-39-36-32-24-21-18-15-12-9-6-3)53-60-52-49-46-43-40-37-34-31-28-26-23-20-17-14-11-8-5-2/h8,11,16-17,19-21,24-28,34,37,43,46,55H,4-7,9-10,12-15,18,22-23,29-33,35-36,38-42,44-45,47-54H2,1-3H3/b11-8-,19-16-,20-17-,24-21-,27-25-,28-26-,37-34-,46-43-. The first-order valence-corrected chi connectivity index (χ1v) is 25.8. The van der Waals surface area contributed by atoms with Crippen LogP contribution in [0.5, 0.6) is 0 Å². The maximum absolute atomic E-state index is 12.8. The van der Waals surface area contributed by atoms with Gasteiger partial charge in [-0.1, -0.05) is 201 Å². The van der Waals surface area contributed by atoms with E-state index in [0.29, 0.717) is 19.4 Å². The molecule has 0 aromatic heterocycles. The Bertz CT molecular complexity index is 1200. The molecule has 0 N–H and O–H groups in total. The number of allylic oxidation sites excluding steroid dienone is 15. The quantitative estimate of drug-likeness (QED) is 0.0347. The van der Waals surface area contributed by atoms with E-state index in [4.69, 9.17) is 14.2 Å². The molecular formula is C57H96O5. The molecule has 354 valence electrons. The Morgan fingerprint density at radius 3 is 1.21 bits per heavy atom. The molecule has 0 aliphatic rings. The molecule has 0 bridgehead atoms. The Morgan fingerprint density at radius 2 is 0.726 bits per heavy atom. The third-order valence-corrected chi connectivity index (χ3v) is 10.6. The second-order valence-electron chi connectivity index (χ2n) is 16.7. The normalized spacial score (nSPS) is 13.0. The smallest absolute Gasteiger partial charge is 0.306 e. The molecule has 0 amide bonds. The van der Waals surface area contributed by atoms with Crippen LogP contribution in [0.4, 0.5) is 0 Å². The Labute approximate surface area is 383 Å². The summed E-state index contributed by atoms with van der Waals surface area (Å²) >= 11 is 0. The summed E-state index contributed by atoms with van der Waals surface area (Å²) in [6.07, 6.45) is 70.0. The third-order valence-electron chi connectivity index (χ3n) is 10.6. The average Bonchev–Trinajstić information content (AvgIpc) is 3.27. The predicted octanol–water partition coefficient (Wildman–Crippen LogP) is 17.5. The summed E-state index contributed by atoms with van der Waals surface area (Å²) in [5.41, 5.74) is 0. The molecule has 0 saturated heterocycles. The van der Waals surface area contributed by atoms with Gasteiger partial charge in [-0.15, -0.1) is 0 Å². The van der Waals surface area contributed by atoms with Gasteiger partial charge in [0, 0.05) is 12.8 Å². The maximum atomic E-state index is 12.8. The number of hydrogen-bond acceptors (Lipinski definition) is 5. The fraction of sp³-hybridized carbons (Fsp3) is 0.684. The Morgan fingerprint density at radius 1 is 0.371 bits per heavy atom. The SMILES string of the molecule is CC/C=C\C/C=C\C/C=C\C/C=C\C/C=C\CCOCC(COC(=O)CCCCCCCCC/C=C\C/C=C\CCCCC)OC(=O)CCCCCCC/C=C\CCCCCC. The van der Waals surface area contributed by atoms with Gasteiger partial charge < -0.3 is 14.2 Å². The van der Waals surface area contributed by atoms with Crippen LogP contribution in [0.1, 0.15) is 226 Å². The van der Waals surface area contributed by atoms with E-state index in [2.05, 4.69) is 118 Å². The highest BCUT2D eigenvalue weighted by Gasteiger charge is 2.17. The molecule has 0 aliphatic carbocycles. The average molecular weight is 861 g/mol. The molecule has 0 aliphatic heterocycles. The summed E-state index contributed by atoms with van der Waals surface area (Å²) in [7, 11) is 0. The van der Waals surface area contributed by atoms with Gasteiger partial charge in [-0.05, 0) is 109 Å². The van der Waals surface area contributed by atoms with Crippen LogP contribution < -0.4 is 0 Å².